The third-order valence-corrected chi connectivity index (χ3v) is 10.7. The number of methoxy groups -OCH3 is 1. The molecule has 6 rings (SSSR count). The third-order valence-electron chi connectivity index (χ3n) is 9.06. The van der Waals surface area contributed by atoms with Crippen LogP contribution in [0.5, 0.6) is 5.75 Å². The summed E-state index contributed by atoms with van der Waals surface area (Å²) >= 11 is 6.37. The van der Waals surface area contributed by atoms with Gasteiger partial charge in [-0.15, -0.1) is 0 Å². The van der Waals surface area contributed by atoms with E-state index in [1.54, 1.807) is 19.2 Å². The van der Waals surface area contributed by atoms with Gasteiger partial charge in [0.2, 0.25) is 5.91 Å². The Kier molecular flexibility index (Phi) is 7.14. The molecule has 1 spiro atoms. The van der Waals surface area contributed by atoms with Crippen LogP contribution in [0.2, 0.25) is 5.02 Å². The Morgan fingerprint density at radius 3 is 2.82 bits per heavy atom. The molecule has 39 heavy (non-hydrogen) atoms. The molecule has 4 aliphatic rings. The quantitative estimate of drug-likeness (QED) is 0.485. The number of allylic oxidation sites excluding steroid dienone is 1. The van der Waals surface area contributed by atoms with Crippen LogP contribution in [0.25, 0.3) is 0 Å². The van der Waals surface area contributed by atoms with E-state index in [1.165, 1.54) is 17.2 Å². The molecule has 1 fully saturated rings. The summed E-state index contributed by atoms with van der Waals surface area (Å²) in [4.78, 5) is 14.9. The average molecular weight is 571 g/mol. The van der Waals surface area contributed by atoms with Gasteiger partial charge in [-0.05, 0) is 91.8 Å². The molecule has 9 heteroatoms. The Hall–Kier alpha value is -2.55. The van der Waals surface area contributed by atoms with Crippen LogP contribution in [0, 0.1) is 11.8 Å². The minimum Gasteiger partial charge on any atom is -0.490 e. The standard InChI is InChI=1S/C30H35ClN2O5S/c1-37-27-6-2-3-7-29(34)32-39(35,36)23-10-13-28-26(16-23)33(17-21-8-11-24(21)27)18-30(19-38-28)14-4-5-20-15-22(31)9-12-25(20)30/h2,6,9-10,12-13,15-16,21,24,27H,3-5,7-8,11,14,17-19H2,1H3,(H,32,34)/b6-2+/t21-,24+,27+,30-/m0/s1. The number of benzene rings is 2. The zero-order valence-electron chi connectivity index (χ0n) is 22.2. The highest BCUT2D eigenvalue weighted by Crippen LogP contribution is 2.47. The van der Waals surface area contributed by atoms with E-state index in [1.807, 2.05) is 18.2 Å². The van der Waals surface area contributed by atoms with Gasteiger partial charge in [0.15, 0.2) is 0 Å². The van der Waals surface area contributed by atoms with Crippen LogP contribution in [-0.4, -0.2) is 47.2 Å². The van der Waals surface area contributed by atoms with E-state index in [2.05, 4.69) is 21.8 Å². The predicted octanol–water partition coefficient (Wildman–Crippen LogP) is 5.01. The van der Waals surface area contributed by atoms with Crippen molar-refractivity contribution < 1.29 is 22.7 Å². The number of nitrogens with zero attached hydrogens (tertiary/aromatic N) is 1. The first-order valence-corrected chi connectivity index (χ1v) is 15.7. The molecule has 0 radical (unpaired) electrons. The van der Waals surface area contributed by atoms with Gasteiger partial charge in [0.05, 0.1) is 23.3 Å². The number of ether oxygens (including phenoxy) is 2. The molecule has 1 amide bonds. The Labute approximate surface area is 235 Å². The molecule has 208 valence electrons. The predicted molar refractivity (Wildman–Crippen MR) is 151 cm³/mol. The van der Waals surface area contributed by atoms with Crippen LogP contribution in [0.3, 0.4) is 0 Å². The number of amides is 1. The molecular formula is C30H35ClN2O5S. The van der Waals surface area contributed by atoms with Gasteiger partial charge in [-0.1, -0.05) is 29.8 Å². The molecule has 1 N–H and O–H groups in total. The van der Waals surface area contributed by atoms with Crippen LogP contribution in [0.15, 0.2) is 53.4 Å². The molecule has 0 saturated heterocycles. The van der Waals surface area contributed by atoms with Crippen molar-refractivity contribution in [2.45, 2.75) is 61.4 Å². The highest BCUT2D eigenvalue weighted by Gasteiger charge is 2.44. The van der Waals surface area contributed by atoms with E-state index >= 15 is 0 Å². The van der Waals surface area contributed by atoms with Crippen molar-refractivity contribution >= 4 is 33.2 Å². The maximum Gasteiger partial charge on any atom is 0.264 e. The number of hydrogen-bond acceptors (Lipinski definition) is 6. The van der Waals surface area contributed by atoms with Crippen molar-refractivity contribution in [1.29, 1.82) is 0 Å². The Bertz CT molecular complexity index is 1410. The number of hydrogen-bond donors (Lipinski definition) is 1. The van der Waals surface area contributed by atoms with Gasteiger partial charge >= 0.3 is 0 Å². The molecule has 7 nitrogen and oxygen atoms in total. The van der Waals surface area contributed by atoms with E-state index < -0.39 is 15.9 Å². The first kappa shape index (κ1) is 26.7. The molecule has 4 atom stereocenters. The van der Waals surface area contributed by atoms with Crippen LogP contribution in [-0.2, 0) is 31.4 Å². The smallest absolute Gasteiger partial charge is 0.264 e. The van der Waals surface area contributed by atoms with E-state index in [0.717, 1.165) is 49.4 Å². The van der Waals surface area contributed by atoms with Gasteiger partial charge in [0.25, 0.3) is 10.0 Å². The minimum absolute atomic E-state index is 0.0405. The summed E-state index contributed by atoms with van der Waals surface area (Å²) < 4.78 is 41.0. The molecule has 2 bridgehead atoms. The van der Waals surface area contributed by atoms with E-state index in [-0.39, 0.29) is 22.8 Å². The first-order chi connectivity index (χ1) is 18.8. The number of aryl methyl sites for hydroxylation is 1. The molecule has 2 aliphatic heterocycles. The van der Waals surface area contributed by atoms with Gasteiger partial charge in [0, 0.05) is 37.1 Å². The number of anilines is 1. The molecule has 2 aromatic carbocycles. The number of halogens is 1. The van der Waals surface area contributed by atoms with Crippen molar-refractivity contribution in [1.82, 2.24) is 4.72 Å². The third kappa shape index (κ3) is 5.07. The molecule has 2 aliphatic carbocycles. The summed E-state index contributed by atoms with van der Waals surface area (Å²) in [5, 5.41) is 0.741. The second kappa shape index (κ2) is 10.5. The van der Waals surface area contributed by atoms with Gasteiger partial charge in [-0.3, -0.25) is 4.79 Å². The number of rotatable bonds is 1. The monoisotopic (exact) mass is 570 g/mol. The number of carbonyl (C=O) groups excluding carboxylic acids is 1. The Morgan fingerprint density at radius 2 is 2.03 bits per heavy atom. The number of fused-ring (bicyclic) bond motifs is 4. The first-order valence-electron chi connectivity index (χ1n) is 13.8. The zero-order valence-corrected chi connectivity index (χ0v) is 23.8. The second-order valence-corrected chi connectivity index (χ2v) is 13.6. The number of sulfonamides is 1. The van der Waals surface area contributed by atoms with Crippen LogP contribution < -0.4 is 14.4 Å². The van der Waals surface area contributed by atoms with Crippen LogP contribution in [0.4, 0.5) is 5.69 Å². The zero-order chi connectivity index (χ0) is 27.2. The Balaban J connectivity index is 1.45. The minimum atomic E-state index is -4.02. The highest BCUT2D eigenvalue weighted by molar-refractivity contribution is 7.90. The molecule has 2 aromatic rings. The van der Waals surface area contributed by atoms with Gasteiger partial charge in [-0.25, -0.2) is 13.1 Å². The summed E-state index contributed by atoms with van der Waals surface area (Å²) in [7, 11) is -2.29. The maximum atomic E-state index is 13.2. The van der Waals surface area contributed by atoms with Crippen LogP contribution >= 0.6 is 11.6 Å². The normalized spacial score (nSPS) is 30.8. The van der Waals surface area contributed by atoms with E-state index in [0.29, 0.717) is 37.2 Å². The lowest BCUT2D eigenvalue weighted by molar-refractivity contribution is -0.119. The highest BCUT2D eigenvalue weighted by atomic mass is 35.5. The summed E-state index contributed by atoms with van der Waals surface area (Å²) in [5.41, 5.74) is 3.05. The lowest BCUT2D eigenvalue weighted by Crippen LogP contribution is -2.49. The molecule has 2 heterocycles. The summed E-state index contributed by atoms with van der Waals surface area (Å²) in [6, 6.07) is 11.1. The van der Waals surface area contributed by atoms with Crippen molar-refractivity contribution in [3.63, 3.8) is 0 Å². The van der Waals surface area contributed by atoms with Gasteiger partial charge < -0.3 is 14.4 Å². The van der Waals surface area contributed by atoms with Gasteiger partial charge in [-0.2, -0.15) is 0 Å². The van der Waals surface area contributed by atoms with E-state index in [9.17, 15) is 13.2 Å². The van der Waals surface area contributed by atoms with E-state index in [4.69, 9.17) is 21.1 Å². The fraction of sp³-hybridized carbons (Fsp3) is 0.500. The van der Waals surface area contributed by atoms with Gasteiger partial charge in [0.1, 0.15) is 5.75 Å². The largest absolute Gasteiger partial charge is 0.490 e. The lowest BCUT2D eigenvalue weighted by Gasteiger charge is -2.46. The molecule has 0 aromatic heterocycles. The fourth-order valence-corrected chi connectivity index (χ4v) is 8.13. The summed E-state index contributed by atoms with van der Waals surface area (Å²) in [6.07, 6.45) is 9.64. The van der Waals surface area contributed by atoms with Crippen molar-refractivity contribution in [2.24, 2.45) is 11.8 Å². The number of nitrogens with one attached hydrogen (secondary N) is 1. The molecular weight excluding hydrogens is 536 g/mol. The lowest BCUT2D eigenvalue weighted by atomic mass is 9.68. The van der Waals surface area contributed by atoms with Crippen molar-refractivity contribution in [3.05, 3.63) is 64.7 Å². The SMILES string of the molecule is CO[C@@H]1/C=C/CCC(=O)NS(=O)(=O)c2ccc3c(c2)N(C[C@@H]2CC[C@H]21)C[C@@]1(CCCc2cc(Cl)ccc21)CO3. The average Bonchev–Trinajstić information content (AvgIpc) is 3.04. The summed E-state index contributed by atoms with van der Waals surface area (Å²) in [5.74, 6) is 0.894. The molecule has 0 unspecified atom stereocenters. The topological polar surface area (TPSA) is 84.9 Å². The Morgan fingerprint density at radius 1 is 1.15 bits per heavy atom. The van der Waals surface area contributed by atoms with Crippen LogP contribution in [0.1, 0.15) is 49.7 Å². The number of carbonyl (C=O) groups is 1. The summed E-state index contributed by atoms with van der Waals surface area (Å²) in [6.45, 7) is 1.99. The van der Waals surface area contributed by atoms with Crippen molar-refractivity contribution in [3.8, 4) is 5.75 Å². The fourth-order valence-electron chi connectivity index (χ4n) is 6.90. The molecule has 1 saturated carbocycles. The maximum absolute atomic E-state index is 13.2. The van der Waals surface area contributed by atoms with Crippen molar-refractivity contribution in [2.75, 3.05) is 31.7 Å². The second-order valence-electron chi connectivity index (χ2n) is 11.4.